The Morgan fingerprint density at radius 3 is 2.70 bits per heavy atom. The fraction of sp³-hybridized carbons (Fsp3) is 0.350. The van der Waals surface area contributed by atoms with Crippen LogP contribution in [-0.4, -0.2) is 39.4 Å². The number of nitrogens with zero attached hydrogens (tertiary/aromatic N) is 2. The zero-order chi connectivity index (χ0) is 19.0. The summed E-state index contributed by atoms with van der Waals surface area (Å²) in [7, 11) is 0. The first kappa shape index (κ1) is 17.3. The minimum atomic E-state index is -1.34. The summed E-state index contributed by atoms with van der Waals surface area (Å²) >= 11 is 0. The molecular weight excluding hydrogens is 348 g/mol. The number of carbonyl (C=O) groups is 3. The second-order valence-electron chi connectivity index (χ2n) is 6.81. The lowest BCUT2D eigenvalue weighted by Crippen LogP contribution is -2.63. The normalized spacial score (nSPS) is 23.5. The molecule has 2 atom stereocenters. The molecule has 1 aromatic heterocycles. The van der Waals surface area contributed by atoms with E-state index < -0.39 is 23.7 Å². The summed E-state index contributed by atoms with van der Waals surface area (Å²) in [5.74, 6) is -1.32. The van der Waals surface area contributed by atoms with Gasteiger partial charge in [-0.05, 0) is 30.5 Å². The third-order valence-electron chi connectivity index (χ3n) is 5.17. The van der Waals surface area contributed by atoms with Crippen molar-refractivity contribution >= 4 is 17.8 Å². The zero-order valence-corrected chi connectivity index (χ0v) is 15.0. The molecular formula is C20H20N2O5. The van der Waals surface area contributed by atoms with Gasteiger partial charge >= 0.3 is 11.9 Å². The van der Waals surface area contributed by atoms with Crippen LogP contribution in [-0.2, 0) is 25.7 Å². The predicted molar refractivity (Wildman–Crippen MR) is 94.5 cm³/mol. The van der Waals surface area contributed by atoms with Gasteiger partial charge in [-0.2, -0.15) is 0 Å². The Bertz CT molecular complexity index is 891. The maximum Gasteiger partial charge on any atom is 0.338 e. The Hall–Kier alpha value is -3.09. The van der Waals surface area contributed by atoms with E-state index in [1.165, 1.54) is 11.8 Å². The highest BCUT2D eigenvalue weighted by Gasteiger charge is 2.62. The predicted octanol–water partition coefficient (Wildman–Crippen LogP) is 2.28. The Kier molecular flexibility index (Phi) is 4.22. The van der Waals surface area contributed by atoms with Crippen LogP contribution in [0.3, 0.4) is 0 Å². The third kappa shape index (κ3) is 2.70. The number of carbonyl (C=O) groups excluding carboxylic acids is 3. The number of esters is 2. The van der Waals surface area contributed by atoms with Gasteiger partial charge < -0.3 is 18.9 Å². The Balaban J connectivity index is 1.71. The van der Waals surface area contributed by atoms with E-state index >= 15 is 0 Å². The van der Waals surface area contributed by atoms with Crippen LogP contribution >= 0.6 is 0 Å². The van der Waals surface area contributed by atoms with Gasteiger partial charge in [0.2, 0.25) is 6.23 Å². The van der Waals surface area contributed by atoms with Crippen molar-refractivity contribution in [2.45, 2.75) is 38.1 Å². The zero-order valence-electron chi connectivity index (χ0n) is 15.0. The molecule has 2 aliphatic rings. The molecule has 0 bridgehead atoms. The van der Waals surface area contributed by atoms with Crippen LogP contribution in [0.1, 0.15) is 42.0 Å². The van der Waals surface area contributed by atoms with E-state index in [1.807, 2.05) is 30.3 Å². The molecule has 0 N–H and O–H groups in total. The molecule has 1 aromatic carbocycles. The van der Waals surface area contributed by atoms with Crippen LogP contribution in [0.5, 0.6) is 0 Å². The van der Waals surface area contributed by atoms with Crippen molar-refractivity contribution in [2.24, 2.45) is 0 Å². The topological polar surface area (TPSA) is 77.8 Å². The van der Waals surface area contributed by atoms with Crippen molar-refractivity contribution in [3.63, 3.8) is 0 Å². The summed E-state index contributed by atoms with van der Waals surface area (Å²) in [6.07, 6.45) is 1.72. The van der Waals surface area contributed by atoms with Crippen molar-refractivity contribution in [3.8, 4) is 0 Å². The number of fused-ring (bicyclic) bond motifs is 2. The number of hydrogen-bond acceptors (Lipinski definition) is 5. The molecule has 7 nitrogen and oxygen atoms in total. The van der Waals surface area contributed by atoms with Crippen molar-refractivity contribution in [1.29, 1.82) is 0 Å². The first-order chi connectivity index (χ1) is 13.0. The third-order valence-corrected chi connectivity index (χ3v) is 5.17. The van der Waals surface area contributed by atoms with Gasteiger partial charge in [-0.3, -0.25) is 9.59 Å². The van der Waals surface area contributed by atoms with E-state index in [2.05, 4.69) is 0 Å². The summed E-state index contributed by atoms with van der Waals surface area (Å²) in [6.45, 7) is 1.80. The van der Waals surface area contributed by atoms with E-state index in [0.717, 1.165) is 5.56 Å². The monoisotopic (exact) mass is 368 g/mol. The van der Waals surface area contributed by atoms with Crippen molar-refractivity contribution < 1.29 is 23.9 Å². The number of hydrogen-bond donors (Lipinski definition) is 0. The van der Waals surface area contributed by atoms with Crippen LogP contribution in [0.25, 0.3) is 0 Å². The minimum absolute atomic E-state index is 0.0920. The fourth-order valence-electron chi connectivity index (χ4n) is 4.00. The Morgan fingerprint density at radius 2 is 1.96 bits per heavy atom. The smallest absolute Gasteiger partial charge is 0.338 e. The summed E-state index contributed by atoms with van der Waals surface area (Å²) < 4.78 is 12.7. The molecule has 4 rings (SSSR count). The number of amides is 1. The standard InChI is InChI=1S/C20H20N2O5/c1-14(23)27-18-20(19(25)26-13-15-7-3-2-4-8-15)10-6-12-22(20)17(24)16-9-5-11-21(16)18/h2-5,7-9,11,18H,6,10,12-13H2,1H3/t18-,20-/m0/s1. The molecule has 2 aliphatic heterocycles. The van der Waals surface area contributed by atoms with Crippen LogP contribution in [0.15, 0.2) is 48.7 Å². The van der Waals surface area contributed by atoms with E-state index in [0.29, 0.717) is 25.1 Å². The van der Waals surface area contributed by atoms with Crippen LogP contribution in [0.2, 0.25) is 0 Å². The molecule has 3 heterocycles. The lowest BCUT2D eigenvalue weighted by molar-refractivity contribution is -0.182. The molecule has 0 spiro atoms. The molecule has 1 saturated heterocycles. The fourth-order valence-corrected chi connectivity index (χ4v) is 4.00. The molecule has 27 heavy (non-hydrogen) atoms. The van der Waals surface area contributed by atoms with Gasteiger partial charge in [-0.1, -0.05) is 30.3 Å². The summed E-state index contributed by atoms with van der Waals surface area (Å²) in [5.41, 5.74) is -0.0990. The lowest BCUT2D eigenvalue weighted by Gasteiger charge is -2.45. The van der Waals surface area contributed by atoms with Crippen LogP contribution < -0.4 is 0 Å². The highest BCUT2D eigenvalue weighted by Crippen LogP contribution is 2.45. The highest BCUT2D eigenvalue weighted by molar-refractivity contribution is 5.99. The molecule has 0 saturated carbocycles. The molecule has 140 valence electrons. The van der Waals surface area contributed by atoms with E-state index in [4.69, 9.17) is 9.47 Å². The summed E-state index contributed by atoms with van der Waals surface area (Å²) in [6, 6.07) is 12.7. The van der Waals surface area contributed by atoms with Crippen molar-refractivity contribution in [3.05, 3.63) is 59.9 Å². The van der Waals surface area contributed by atoms with Gasteiger partial charge in [0, 0.05) is 19.7 Å². The summed E-state index contributed by atoms with van der Waals surface area (Å²) in [5, 5.41) is 0. The SMILES string of the molecule is CC(=O)O[C@@H]1n2cccc2C(=O)N2CCC[C@@]12C(=O)OCc1ccccc1. The molecule has 7 heteroatoms. The number of benzene rings is 1. The molecule has 0 aliphatic carbocycles. The van der Waals surface area contributed by atoms with Gasteiger partial charge in [0.1, 0.15) is 12.3 Å². The maximum absolute atomic E-state index is 13.2. The average Bonchev–Trinajstić information content (AvgIpc) is 3.32. The first-order valence-corrected chi connectivity index (χ1v) is 8.91. The summed E-state index contributed by atoms with van der Waals surface area (Å²) in [4.78, 5) is 39.4. The molecule has 1 amide bonds. The Labute approximate surface area is 156 Å². The van der Waals surface area contributed by atoms with Crippen molar-refractivity contribution in [1.82, 2.24) is 9.47 Å². The second-order valence-corrected chi connectivity index (χ2v) is 6.81. The largest absolute Gasteiger partial charge is 0.459 e. The van der Waals surface area contributed by atoms with E-state index in [-0.39, 0.29) is 12.5 Å². The highest BCUT2D eigenvalue weighted by atomic mass is 16.6. The van der Waals surface area contributed by atoms with Gasteiger partial charge in [0.25, 0.3) is 5.91 Å². The van der Waals surface area contributed by atoms with Gasteiger partial charge in [0.15, 0.2) is 5.54 Å². The second kappa shape index (κ2) is 6.57. The Morgan fingerprint density at radius 1 is 1.19 bits per heavy atom. The minimum Gasteiger partial charge on any atom is -0.459 e. The van der Waals surface area contributed by atoms with Crippen LogP contribution in [0, 0.1) is 0 Å². The average molecular weight is 368 g/mol. The molecule has 2 aromatic rings. The van der Waals surface area contributed by atoms with Gasteiger partial charge in [-0.15, -0.1) is 0 Å². The molecule has 0 radical (unpaired) electrons. The quantitative estimate of drug-likeness (QED) is 0.774. The number of ether oxygens (including phenoxy) is 2. The molecule has 1 fully saturated rings. The van der Waals surface area contributed by atoms with Crippen molar-refractivity contribution in [2.75, 3.05) is 6.54 Å². The number of rotatable bonds is 4. The van der Waals surface area contributed by atoms with Gasteiger partial charge in [-0.25, -0.2) is 4.79 Å². The van der Waals surface area contributed by atoms with E-state index in [1.54, 1.807) is 22.9 Å². The molecule has 0 unspecified atom stereocenters. The lowest BCUT2D eigenvalue weighted by atomic mass is 9.91. The van der Waals surface area contributed by atoms with E-state index in [9.17, 15) is 14.4 Å². The number of aromatic nitrogens is 1. The maximum atomic E-state index is 13.2. The van der Waals surface area contributed by atoms with Crippen LogP contribution in [0.4, 0.5) is 0 Å². The first-order valence-electron chi connectivity index (χ1n) is 8.91. The van der Waals surface area contributed by atoms with Gasteiger partial charge in [0.05, 0.1) is 0 Å².